The number of rotatable bonds is 6. The summed E-state index contributed by atoms with van der Waals surface area (Å²) in [4.78, 5) is 6.76. The van der Waals surface area contributed by atoms with Gasteiger partial charge in [0.2, 0.25) is 0 Å². The molecule has 0 radical (unpaired) electrons. The third-order valence-electron chi connectivity index (χ3n) is 4.63. The van der Waals surface area contributed by atoms with E-state index < -0.39 is 0 Å². The van der Waals surface area contributed by atoms with Crippen LogP contribution in [-0.2, 0) is 6.54 Å². The van der Waals surface area contributed by atoms with E-state index in [1.165, 1.54) is 50.0 Å². The van der Waals surface area contributed by atoms with Gasteiger partial charge in [0, 0.05) is 25.0 Å². The van der Waals surface area contributed by atoms with E-state index >= 15 is 0 Å². The first-order chi connectivity index (χ1) is 9.70. The lowest BCUT2D eigenvalue weighted by atomic mass is 9.90. The minimum absolute atomic E-state index is 0.603. The number of pyridine rings is 1. The third-order valence-corrected chi connectivity index (χ3v) is 4.63. The van der Waals surface area contributed by atoms with Gasteiger partial charge in [-0.1, -0.05) is 6.92 Å². The summed E-state index contributed by atoms with van der Waals surface area (Å²) in [6.07, 6.45) is 7.79. The highest BCUT2D eigenvalue weighted by molar-refractivity contribution is 5.21. The van der Waals surface area contributed by atoms with E-state index in [1.54, 1.807) is 0 Å². The molecule has 1 unspecified atom stereocenters. The highest BCUT2D eigenvalue weighted by Gasteiger charge is 2.23. The number of nitrogens with one attached hydrogen (secondary N) is 1. The first kappa shape index (κ1) is 15.5. The molecule has 2 heterocycles. The van der Waals surface area contributed by atoms with Crippen LogP contribution in [0.1, 0.15) is 44.2 Å². The molecule has 0 saturated carbocycles. The maximum absolute atomic E-state index is 4.15. The first-order valence-corrected chi connectivity index (χ1v) is 8.06. The number of hydrogen-bond donors (Lipinski definition) is 1. The van der Waals surface area contributed by atoms with Gasteiger partial charge in [-0.05, 0) is 75.9 Å². The Bertz CT molecular complexity index is 397. The number of hydrogen-bond acceptors (Lipinski definition) is 3. The Hall–Kier alpha value is -0.930. The molecular formula is C17H29N3. The molecule has 3 nitrogen and oxygen atoms in total. The molecule has 0 spiro atoms. The van der Waals surface area contributed by atoms with Crippen LogP contribution < -0.4 is 5.32 Å². The minimum atomic E-state index is 0.603. The van der Waals surface area contributed by atoms with Crippen LogP contribution in [0.5, 0.6) is 0 Å². The van der Waals surface area contributed by atoms with Crippen molar-refractivity contribution in [3.63, 3.8) is 0 Å². The van der Waals surface area contributed by atoms with Crippen LogP contribution in [0.2, 0.25) is 0 Å². The fourth-order valence-electron chi connectivity index (χ4n) is 3.13. The summed E-state index contributed by atoms with van der Waals surface area (Å²) in [5.41, 5.74) is 2.65. The molecule has 1 atom stereocenters. The smallest absolute Gasteiger partial charge is 0.0300 e. The maximum Gasteiger partial charge on any atom is 0.0300 e. The standard InChI is InChI=1S/C17H29N3/c1-4-9-20-10-6-16(7-11-20)15(3)19-13-17-5-8-18-12-14(17)2/h5,8,12,15-16,19H,4,6-7,9-11,13H2,1-3H3. The maximum atomic E-state index is 4.15. The molecule has 0 aliphatic carbocycles. The van der Waals surface area contributed by atoms with Gasteiger partial charge in [-0.25, -0.2) is 0 Å². The molecule has 0 aromatic carbocycles. The Morgan fingerprint density at radius 3 is 2.80 bits per heavy atom. The van der Waals surface area contributed by atoms with Crippen molar-refractivity contribution < 1.29 is 0 Å². The lowest BCUT2D eigenvalue weighted by molar-refractivity contribution is 0.162. The summed E-state index contributed by atoms with van der Waals surface area (Å²) in [6.45, 7) is 11.5. The zero-order valence-corrected chi connectivity index (χ0v) is 13.2. The summed E-state index contributed by atoms with van der Waals surface area (Å²) in [5, 5.41) is 3.71. The average Bonchev–Trinajstić information content (AvgIpc) is 2.47. The molecule has 1 saturated heterocycles. The van der Waals surface area contributed by atoms with Crippen LogP contribution in [0.25, 0.3) is 0 Å². The monoisotopic (exact) mass is 275 g/mol. The van der Waals surface area contributed by atoms with Crippen molar-refractivity contribution in [1.29, 1.82) is 0 Å². The van der Waals surface area contributed by atoms with Gasteiger partial charge in [0.05, 0.1) is 0 Å². The fraction of sp³-hybridized carbons (Fsp3) is 0.706. The Balaban J connectivity index is 1.76. The second-order valence-corrected chi connectivity index (χ2v) is 6.15. The van der Waals surface area contributed by atoms with Crippen LogP contribution in [0.4, 0.5) is 0 Å². The van der Waals surface area contributed by atoms with Crippen LogP contribution in [-0.4, -0.2) is 35.6 Å². The highest BCUT2D eigenvalue weighted by Crippen LogP contribution is 2.21. The normalized spacial score (nSPS) is 19.1. The molecule has 112 valence electrons. The van der Waals surface area contributed by atoms with Gasteiger partial charge >= 0.3 is 0 Å². The van der Waals surface area contributed by atoms with Gasteiger partial charge in [-0.15, -0.1) is 0 Å². The lowest BCUT2D eigenvalue weighted by Gasteiger charge is -2.35. The molecule has 0 bridgehead atoms. The predicted octanol–water partition coefficient (Wildman–Crippen LogP) is 2.99. The molecular weight excluding hydrogens is 246 g/mol. The molecule has 1 aromatic rings. The molecule has 3 heteroatoms. The summed E-state index contributed by atoms with van der Waals surface area (Å²) >= 11 is 0. The van der Waals surface area contributed by atoms with E-state index in [-0.39, 0.29) is 0 Å². The van der Waals surface area contributed by atoms with Crippen LogP contribution in [0, 0.1) is 12.8 Å². The van der Waals surface area contributed by atoms with Crippen LogP contribution in [0.3, 0.4) is 0 Å². The van der Waals surface area contributed by atoms with Gasteiger partial charge in [0.25, 0.3) is 0 Å². The van der Waals surface area contributed by atoms with Gasteiger partial charge in [0.15, 0.2) is 0 Å². The van der Waals surface area contributed by atoms with E-state index in [4.69, 9.17) is 0 Å². The minimum Gasteiger partial charge on any atom is -0.310 e. The fourth-order valence-corrected chi connectivity index (χ4v) is 3.13. The van der Waals surface area contributed by atoms with Gasteiger partial charge < -0.3 is 10.2 Å². The molecule has 20 heavy (non-hydrogen) atoms. The SMILES string of the molecule is CCCN1CCC(C(C)NCc2ccncc2C)CC1. The van der Waals surface area contributed by atoms with Crippen molar-refractivity contribution in [3.05, 3.63) is 29.6 Å². The second-order valence-electron chi connectivity index (χ2n) is 6.15. The lowest BCUT2D eigenvalue weighted by Crippen LogP contribution is -2.42. The predicted molar refractivity (Wildman–Crippen MR) is 84.7 cm³/mol. The molecule has 1 aromatic heterocycles. The van der Waals surface area contributed by atoms with Crippen molar-refractivity contribution in [1.82, 2.24) is 15.2 Å². The van der Waals surface area contributed by atoms with Crippen LogP contribution in [0.15, 0.2) is 18.5 Å². The van der Waals surface area contributed by atoms with E-state index in [9.17, 15) is 0 Å². The Kier molecular flexibility index (Phi) is 5.99. The molecule has 1 fully saturated rings. The van der Waals surface area contributed by atoms with E-state index in [0.29, 0.717) is 6.04 Å². The number of aromatic nitrogens is 1. The molecule has 2 rings (SSSR count). The van der Waals surface area contributed by atoms with Gasteiger partial charge in [0.1, 0.15) is 0 Å². The third kappa shape index (κ3) is 4.29. The Labute approximate surface area is 123 Å². The summed E-state index contributed by atoms with van der Waals surface area (Å²) in [5.74, 6) is 0.824. The highest BCUT2D eigenvalue weighted by atomic mass is 15.1. The molecule has 0 amide bonds. The quantitative estimate of drug-likeness (QED) is 0.865. The van der Waals surface area contributed by atoms with E-state index in [0.717, 1.165) is 12.5 Å². The number of piperidine rings is 1. The number of aryl methyl sites for hydroxylation is 1. The molecule has 1 aliphatic heterocycles. The summed E-state index contributed by atoms with van der Waals surface area (Å²) in [6, 6.07) is 2.73. The second kappa shape index (κ2) is 7.75. The van der Waals surface area contributed by atoms with Crippen molar-refractivity contribution >= 4 is 0 Å². The largest absolute Gasteiger partial charge is 0.310 e. The molecule has 1 N–H and O–H groups in total. The zero-order chi connectivity index (χ0) is 14.4. The number of nitrogens with zero attached hydrogens (tertiary/aromatic N) is 2. The van der Waals surface area contributed by atoms with Gasteiger partial charge in [-0.3, -0.25) is 4.98 Å². The molecule has 1 aliphatic rings. The topological polar surface area (TPSA) is 28.2 Å². The van der Waals surface area contributed by atoms with E-state index in [1.807, 2.05) is 12.4 Å². The van der Waals surface area contributed by atoms with Crippen molar-refractivity contribution in [2.24, 2.45) is 5.92 Å². The Morgan fingerprint density at radius 2 is 2.15 bits per heavy atom. The van der Waals surface area contributed by atoms with Crippen LogP contribution >= 0.6 is 0 Å². The van der Waals surface area contributed by atoms with Crippen molar-refractivity contribution in [3.8, 4) is 0 Å². The summed E-state index contributed by atoms with van der Waals surface area (Å²) in [7, 11) is 0. The van der Waals surface area contributed by atoms with Gasteiger partial charge in [-0.2, -0.15) is 0 Å². The zero-order valence-electron chi connectivity index (χ0n) is 13.2. The van der Waals surface area contributed by atoms with Crippen molar-refractivity contribution in [2.45, 2.75) is 52.6 Å². The Morgan fingerprint density at radius 1 is 1.40 bits per heavy atom. The van der Waals surface area contributed by atoms with E-state index in [2.05, 4.69) is 42.0 Å². The average molecular weight is 275 g/mol. The van der Waals surface area contributed by atoms with Crippen molar-refractivity contribution in [2.75, 3.05) is 19.6 Å². The number of likely N-dealkylation sites (tertiary alicyclic amines) is 1. The first-order valence-electron chi connectivity index (χ1n) is 8.06. The summed E-state index contributed by atoms with van der Waals surface area (Å²) < 4.78 is 0.